The van der Waals surface area contributed by atoms with E-state index in [-0.39, 0.29) is 5.91 Å². The molecule has 0 aliphatic carbocycles. The summed E-state index contributed by atoms with van der Waals surface area (Å²) in [6.45, 7) is 10.2. The number of benzene rings is 1. The van der Waals surface area contributed by atoms with Gasteiger partial charge in [-0.15, -0.1) is 11.3 Å². The summed E-state index contributed by atoms with van der Waals surface area (Å²) in [6, 6.07) is 12.7. The van der Waals surface area contributed by atoms with Crippen LogP contribution in [0.2, 0.25) is 0 Å². The van der Waals surface area contributed by atoms with Crippen molar-refractivity contribution in [2.75, 3.05) is 72.6 Å². The quantitative estimate of drug-likeness (QED) is 0.627. The number of hydrogen-bond donors (Lipinski definition) is 0. The molecule has 2 aliphatic heterocycles. The molecule has 2 aromatic rings. The molecule has 3 heterocycles. The molecule has 168 valence electrons. The van der Waals surface area contributed by atoms with Gasteiger partial charge in [-0.2, -0.15) is 0 Å². The van der Waals surface area contributed by atoms with Crippen molar-refractivity contribution in [3.63, 3.8) is 0 Å². The molecule has 4 rings (SSSR count). The maximum Gasteiger partial charge on any atom is 0.236 e. The predicted octanol–water partition coefficient (Wildman–Crippen LogP) is 2.26. The van der Waals surface area contributed by atoms with Gasteiger partial charge in [0.05, 0.1) is 18.5 Å². The standard InChI is InChI=1S/C24H34N4O2S/c1-30-22-8-18-31-23(22)19-26-14-16-28(17-15-26)24(29)20-27-12-10-25(11-13-27)9-7-21-5-3-2-4-6-21/h2-6,8,18H,7,9-17,19-20H2,1H3. The van der Waals surface area contributed by atoms with Gasteiger partial charge in [-0.05, 0) is 23.4 Å². The van der Waals surface area contributed by atoms with Crippen molar-refractivity contribution in [2.24, 2.45) is 0 Å². The molecule has 2 aliphatic rings. The molecular weight excluding hydrogens is 408 g/mol. The fourth-order valence-corrected chi connectivity index (χ4v) is 5.26. The maximum atomic E-state index is 12.8. The summed E-state index contributed by atoms with van der Waals surface area (Å²) < 4.78 is 5.43. The van der Waals surface area contributed by atoms with Gasteiger partial charge in [0.25, 0.3) is 0 Å². The second kappa shape index (κ2) is 11.1. The first-order valence-electron chi connectivity index (χ1n) is 11.3. The van der Waals surface area contributed by atoms with Crippen LogP contribution in [0.4, 0.5) is 0 Å². The van der Waals surface area contributed by atoms with Gasteiger partial charge in [0.15, 0.2) is 0 Å². The van der Waals surface area contributed by atoms with E-state index in [9.17, 15) is 4.79 Å². The number of ether oxygens (including phenoxy) is 1. The highest BCUT2D eigenvalue weighted by atomic mass is 32.1. The molecule has 0 saturated carbocycles. The van der Waals surface area contributed by atoms with Crippen molar-refractivity contribution >= 4 is 17.2 Å². The second-order valence-corrected chi connectivity index (χ2v) is 9.42. The van der Waals surface area contributed by atoms with Crippen LogP contribution in [0.5, 0.6) is 5.75 Å². The number of nitrogens with zero attached hydrogens (tertiary/aromatic N) is 4. The molecule has 1 aromatic carbocycles. The van der Waals surface area contributed by atoms with Gasteiger partial charge in [0.1, 0.15) is 5.75 Å². The number of methoxy groups -OCH3 is 1. The molecule has 6 nitrogen and oxygen atoms in total. The first kappa shape index (κ1) is 22.3. The number of rotatable bonds is 8. The molecule has 0 spiro atoms. The third-order valence-corrected chi connectivity index (χ3v) is 7.29. The van der Waals surface area contributed by atoms with E-state index >= 15 is 0 Å². The van der Waals surface area contributed by atoms with Crippen LogP contribution in [0.3, 0.4) is 0 Å². The molecule has 31 heavy (non-hydrogen) atoms. The number of hydrogen-bond acceptors (Lipinski definition) is 6. The molecule has 0 radical (unpaired) electrons. The van der Waals surface area contributed by atoms with E-state index in [1.54, 1.807) is 18.4 Å². The van der Waals surface area contributed by atoms with E-state index < -0.39 is 0 Å². The summed E-state index contributed by atoms with van der Waals surface area (Å²) in [5.74, 6) is 1.26. The van der Waals surface area contributed by atoms with Crippen LogP contribution in [0.15, 0.2) is 41.8 Å². The monoisotopic (exact) mass is 442 g/mol. The minimum absolute atomic E-state index is 0.283. The molecule has 0 unspecified atom stereocenters. The average molecular weight is 443 g/mol. The Labute approximate surface area is 190 Å². The van der Waals surface area contributed by atoms with Gasteiger partial charge in [0.2, 0.25) is 5.91 Å². The summed E-state index contributed by atoms with van der Waals surface area (Å²) in [7, 11) is 1.73. The van der Waals surface area contributed by atoms with Crippen LogP contribution in [0, 0.1) is 0 Å². The SMILES string of the molecule is COc1ccsc1CN1CCN(C(=O)CN2CCN(CCc3ccccc3)CC2)CC1. The Morgan fingerprint density at radius 1 is 0.903 bits per heavy atom. The van der Waals surface area contributed by atoms with Crippen LogP contribution in [-0.2, 0) is 17.8 Å². The summed E-state index contributed by atoms with van der Waals surface area (Å²) in [6.07, 6.45) is 1.10. The molecule has 2 saturated heterocycles. The minimum Gasteiger partial charge on any atom is -0.496 e. The fraction of sp³-hybridized carbons (Fsp3) is 0.542. The molecule has 0 bridgehead atoms. The first-order valence-corrected chi connectivity index (χ1v) is 12.2. The van der Waals surface area contributed by atoms with E-state index in [1.165, 1.54) is 10.4 Å². The van der Waals surface area contributed by atoms with E-state index in [2.05, 4.69) is 50.4 Å². The molecule has 2 fully saturated rings. The van der Waals surface area contributed by atoms with Gasteiger partial charge < -0.3 is 14.5 Å². The zero-order valence-corrected chi connectivity index (χ0v) is 19.4. The Hall–Kier alpha value is -1.93. The first-order chi connectivity index (χ1) is 15.2. The Kier molecular flexibility index (Phi) is 7.97. The van der Waals surface area contributed by atoms with Crippen LogP contribution in [0.25, 0.3) is 0 Å². The number of amides is 1. The number of piperazine rings is 2. The highest BCUT2D eigenvalue weighted by molar-refractivity contribution is 7.10. The largest absolute Gasteiger partial charge is 0.496 e. The van der Waals surface area contributed by atoms with Gasteiger partial charge in [-0.25, -0.2) is 0 Å². The number of carbonyl (C=O) groups excluding carboxylic acids is 1. The highest BCUT2D eigenvalue weighted by Crippen LogP contribution is 2.26. The molecule has 1 amide bonds. The lowest BCUT2D eigenvalue weighted by atomic mass is 10.1. The Morgan fingerprint density at radius 2 is 1.58 bits per heavy atom. The van der Waals surface area contributed by atoms with Crippen LogP contribution in [-0.4, -0.2) is 98.1 Å². The molecular formula is C24H34N4O2S. The van der Waals surface area contributed by atoms with Gasteiger partial charge in [-0.3, -0.25) is 14.6 Å². The third-order valence-electron chi connectivity index (χ3n) is 6.40. The molecule has 0 atom stereocenters. The lowest BCUT2D eigenvalue weighted by Crippen LogP contribution is -2.53. The van der Waals surface area contributed by atoms with Crippen molar-refractivity contribution in [2.45, 2.75) is 13.0 Å². The van der Waals surface area contributed by atoms with Gasteiger partial charge >= 0.3 is 0 Å². The van der Waals surface area contributed by atoms with E-state index in [1.807, 2.05) is 11.0 Å². The lowest BCUT2D eigenvalue weighted by Gasteiger charge is -2.38. The topological polar surface area (TPSA) is 39.3 Å². The van der Waals surface area contributed by atoms with Crippen molar-refractivity contribution in [1.82, 2.24) is 19.6 Å². The summed E-state index contributed by atoms with van der Waals surface area (Å²) >= 11 is 1.74. The Balaban J connectivity index is 1.14. The Morgan fingerprint density at radius 3 is 2.29 bits per heavy atom. The number of carbonyl (C=O) groups is 1. The lowest BCUT2D eigenvalue weighted by molar-refractivity contribution is -0.134. The van der Waals surface area contributed by atoms with Crippen LogP contribution in [0.1, 0.15) is 10.4 Å². The summed E-state index contributed by atoms with van der Waals surface area (Å²) in [5.41, 5.74) is 1.40. The summed E-state index contributed by atoms with van der Waals surface area (Å²) in [4.78, 5) is 23.4. The average Bonchev–Trinajstić information content (AvgIpc) is 3.27. The zero-order chi connectivity index (χ0) is 21.5. The predicted molar refractivity (Wildman–Crippen MR) is 126 cm³/mol. The zero-order valence-electron chi connectivity index (χ0n) is 18.5. The third kappa shape index (κ3) is 6.29. The normalized spacial score (nSPS) is 18.9. The van der Waals surface area contributed by atoms with Gasteiger partial charge in [-0.1, -0.05) is 30.3 Å². The van der Waals surface area contributed by atoms with E-state index in [0.717, 1.165) is 77.6 Å². The van der Waals surface area contributed by atoms with Crippen molar-refractivity contribution in [1.29, 1.82) is 0 Å². The number of thiophene rings is 1. The molecule has 0 N–H and O–H groups in total. The van der Waals surface area contributed by atoms with Crippen molar-refractivity contribution < 1.29 is 9.53 Å². The maximum absolute atomic E-state index is 12.8. The van der Waals surface area contributed by atoms with E-state index in [0.29, 0.717) is 6.54 Å². The van der Waals surface area contributed by atoms with Crippen molar-refractivity contribution in [3.8, 4) is 5.75 Å². The van der Waals surface area contributed by atoms with Crippen LogP contribution < -0.4 is 4.74 Å². The van der Waals surface area contributed by atoms with Crippen molar-refractivity contribution in [3.05, 3.63) is 52.2 Å². The molecule has 1 aromatic heterocycles. The fourth-order valence-electron chi connectivity index (χ4n) is 4.38. The Bertz CT molecular complexity index is 812. The molecule has 7 heteroatoms. The van der Waals surface area contributed by atoms with Gasteiger partial charge in [0, 0.05) is 65.4 Å². The van der Waals surface area contributed by atoms with E-state index in [4.69, 9.17) is 4.74 Å². The second-order valence-electron chi connectivity index (χ2n) is 8.42. The highest BCUT2D eigenvalue weighted by Gasteiger charge is 2.25. The van der Waals surface area contributed by atoms with Crippen LogP contribution >= 0.6 is 11.3 Å². The minimum atomic E-state index is 0.283. The summed E-state index contributed by atoms with van der Waals surface area (Å²) in [5, 5.41) is 2.08. The smallest absolute Gasteiger partial charge is 0.236 e.